The summed E-state index contributed by atoms with van der Waals surface area (Å²) in [6.45, 7) is 4.51. The monoisotopic (exact) mass is 301 g/mol. The Hall–Kier alpha value is -0.660. The highest BCUT2D eigenvalue weighted by atomic mass is 32.2. The van der Waals surface area contributed by atoms with E-state index < -0.39 is 11.5 Å². The molecule has 1 saturated carbocycles. The van der Waals surface area contributed by atoms with Gasteiger partial charge in [0.15, 0.2) is 4.34 Å². The number of aliphatic carboxylic acids is 1. The number of nitrogens with one attached hydrogen (secondary N) is 1. The zero-order valence-electron chi connectivity index (χ0n) is 11.2. The molecular formula is C12H19N3O2S2. The van der Waals surface area contributed by atoms with Gasteiger partial charge < -0.3 is 10.4 Å². The molecule has 2 atom stereocenters. The smallest absolute Gasteiger partial charge is 0.323 e. The van der Waals surface area contributed by atoms with Gasteiger partial charge in [0.2, 0.25) is 0 Å². The van der Waals surface area contributed by atoms with Crippen LogP contribution in [0.5, 0.6) is 0 Å². The van der Waals surface area contributed by atoms with Gasteiger partial charge in [0.25, 0.3) is 0 Å². The van der Waals surface area contributed by atoms with Crippen LogP contribution in [-0.4, -0.2) is 37.8 Å². The van der Waals surface area contributed by atoms with E-state index in [4.69, 9.17) is 0 Å². The molecule has 0 saturated heterocycles. The van der Waals surface area contributed by atoms with Crippen molar-refractivity contribution in [2.45, 2.75) is 54.7 Å². The molecule has 1 fully saturated rings. The van der Waals surface area contributed by atoms with Crippen molar-refractivity contribution in [1.29, 1.82) is 0 Å². The van der Waals surface area contributed by atoms with Gasteiger partial charge in [0.1, 0.15) is 11.4 Å². The lowest BCUT2D eigenvalue weighted by Crippen LogP contribution is -2.55. The molecule has 0 spiro atoms. The Labute approximate surface area is 121 Å². The van der Waals surface area contributed by atoms with Crippen molar-refractivity contribution in [3.05, 3.63) is 5.82 Å². The summed E-state index contributed by atoms with van der Waals surface area (Å²) in [5.41, 5.74) is -0.760. The van der Waals surface area contributed by atoms with Crippen LogP contribution in [0.1, 0.15) is 38.4 Å². The van der Waals surface area contributed by atoms with Crippen molar-refractivity contribution in [2.24, 2.45) is 0 Å². The van der Waals surface area contributed by atoms with Crippen molar-refractivity contribution in [3.63, 3.8) is 0 Å². The summed E-state index contributed by atoms with van der Waals surface area (Å²) in [6, 6.07) is 0. The third kappa shape index (κ3) is 3.46. The van der Waals surface area contributed by atoms with Gasteiger partial charge >= 0.3 is 5.97 Å². The standard InChI is InChI=1S/C12H19N3O2S2/c1-3-13-12(10(16)17)6-4-5-9(7-12)18-11-14-8(2)15-19-11/h9,13H,3-7H2,1-2H3,(H,16,17). The molecule has 7 heteroatoms. The van der Waals surface area contributed by atoms with Gasteiger partial charge in [-0.05, 0) is 50.7 Å². The van der Waals surface area contributed by atoms with E-state index >= 15 is 0 Å². The number of aryl methyl sites for hydroxylation is 1. The molecule has 2 unspecified atom stereocenters. The Balaban J connectivity index is 2.05. The van der Waals surface area contributed by atoms with E-state index in [-0.39, 0.29) is 0 Å². The van der Waals surface area contributed by atoms with E-state index in [1.54, 1.807) is 11.8 Å². The predicted molar refractivity (Wildman–Crippen MR) is 76.8 cm³/mol. The Kier molecular flexibility index (Phi) is 4.81. The summed E-state index contributed by atoms with van der Waals surface area (Å²) in [5, 5.41) is 13.0. The number of hydrogen-bond acceptors (Lipinski definition) is 6. The van der Waals surface area contributed by atoms with E-state index in [0.717, 1.165) is 23.0 Å². The number of hydrogen-bond donors (Lipinski definition) is 2. The van der Waals surface area contributed by atoms with Crippen LogP contribution in [0.4, 0.5) is 0 Å². The molecule has 2 N–H and O–H groups in total. The highest BCUT2D eigenvalue weighted by Gasteiger charge is 2.42. The van der Waals surface area contributed by atoms with Crippen LogP contribution < -0.4 is 5.32 Å². The number of aromatic nitrogens is 2. The average Bonchev–Trinajstić information content (AvgIpc) is 2.75. The van der Waals surface area contributed by atoms with Crippen LogP contribution in [0.25, 0.3) is 0 Å². The molecule has 0 amide bonds. The third-order valence-electron chi connectivity index (χ3n) is 3.41. The largest absolute Gasteiger partial charge is 0.480 e. The van der Waals surface area contributed by atoms with E-state index in [1.807, 2.05) is 13.8 Å². The Morgan fingerprint density at radius 3 is 3.05 bits per heavy atom. The number of rotatable bonds is 5. The minimum Gasteiger partial charge on any atom is -0.480 e. The second-order valence-corrected chi connectivity index (χ2v) is 7.16. The number of likely N-dealkylation sites (N-methyl/N-ethyl adjacent to an activating group) is 1. The van der Waals surface area contributed by atoms with E-state index in [0.29, 0.717) is 24.6 Å². The number of carboxylic acid groups (broad SMARTS) is 1. The Bertz CT molecular complexity index is 448. The summed E-state index contributed by atoms with van der Waals surface area (Å²) in [6.07, 6.45) is 3.35. The predicted octanol–water partition coefficient (Wildman–Crippen LogP) is 2.31. The molecule has 1 aliphatic carbocycles. The van der Waals surface area contributed by atoms with Crippen LogP contribution in [0, 0.1) is 6.92 Å². The summed E-state index contributed by atoms with van der Waals surface area (Å²) in [4.78, 5) is 15.9. The number of carbonyl (C=O) groups is 1. The van der Waals surface area contributed by atoms with E-state index in [1.165, 1.54) is 11.5 Å². The van der Waals surface area contributed by atoms with Gasteiger partial charge in [-0.3, -0.25) is 4.79 Å². The summed E-state index contributed by atoms with van der Waals surface area (Å²) in [5.74, 6) is 0.0626. The van der Waals surface area contributed by atoms with Crippen LogP contribution in [0.3, 0.4) is 0 Å². The van der Waals surface area contributed by atoms with Gasteiger partial charge in [-0.2, -0.15) is 4.37 Å². The van der Waals surface area contributed by atoms with Crippen molar-refractivity contribution in [2.75, 3.05) is 6.54 Å². The fraction of sp³-hybridized carbons (Fsp3) is 0.750. The van der Waals surface area contributed by atoms with E-state index in [9.17, 15) is 9.90 Å². The molecule has 0 radical (unpaired) electrons. The fourth-order valence-corrected chi connectivity index (χ4v) is 4.80. The highest BCUT2D eigenvalue weighted by molar-refractivity contribution is 8.01. The minimum atomic E-state index is -0.760. The van der Waals surface area contributed by atoms with Gasteiger partial charge in [0, 0.05) is 5.25 Å². The first-order valence-corrected chi connectivity index (χ1v) is 8.16. The lowest BCUT2D eigenvalue weighted by atomic mass is 9.81. The second kappa shape index (κ2) is 6.19. The van der Waals surface area contributed by atoms with Gasteiger partial charge in [-0.25, -0.2) is 4.98 Å². The molecule has 1 aliphatic rings. The van der Waals surface area contributed by atoms with Crippen LogP contribution in [0.15, 0.2) is 4.34 Å². The quantitative estimate of drug-likeness (QED) is 0.869. The molecular weight excluding hydrogens is 282 g/mol. The lowest BCUT2D eigenvalue weighted by molar-refractivity contribution is -0.146. The van der Waals surface area contributed by atoms with Crippen molar-refractivity contribution in [1.82, 2.24) is 14.7 Å². The maximum absolute atomic E-state index is 11.6. The highest BCUT2D eigenvalue weighted by Crippen LogP contribution is 2.38. The topological polar surface area (TPSA) is 75.1 Å². The normalized spacial score (nSPS) is 27.4. The number of nitrogens with zero attached hydrogens (tertiary/aromatic N) is 2. The number of carboxylic acids is 1. The Morgan fingerprint density at radius 1 is 1.68 bits per heavy atom. The third-order valence-corrected chi connectivity index (χ3v) is 5.55. The first kappa shape index (κ1) is 14.7. The van der Waals surface area contributed by atoms with Crippen LogP contribution in [-0.2, 0) is 4.79 Å². The maximum Gasteiger partial charge on any atom is 0.323 e. The second-order valence-electron chi connectivity index (χ2n) is 4.86. The first-order valence-electron chi connectivity index (χ1n) is 6.51. The molecule has 0 bridgehead atoms. The molecule has 106 valence electrons. The van der Waals surface area contributed by atoms with Crippen molar-refractivity contribution >= 4 is 29.3 Å². The van der Waals surface area contributed by atoms with Gasteiger partial charge in [-0.15, -0.1) is 0 Å². The van der Waals surface area contributed by atoms with Gasteiger partial charge in [-0.1, -0.05) is 18.7 Å². The van der Waals surface area contributed by atoms with Gasteiger partial charge in [0.05, 0.1) is 0 Å². The minimum absolute atomic E-state index is 0.302. The fourth-order valence-electron chi connectivity index (χ4n) is 2.56. The van der Waals surface area contributed by atoms with Crippen LogP contribution in [0.2, 0.25) is 0 Å². The summed E-state index contributed by atoms with van der Waals surface area (Å²) < 4.78 is 5.11. The molecule has 0 aromatic carbocycles. The summed E-state index contributed by atoms with van der Waals surface area (Å²) in [7, 11) is 0. The van der Waals surface area contributed by atoms with Crippen molar-refractivity contribution in [3.8, 4) is 0 Å². The lowest BCUT2D eigenvalue weighted by Gasteiger charge is -2.37. The molecule has 0 aliphatic heterocycles. The molecule has 1 aromatic heterocycles. The van der Waals surface area contributed by atoms with Crippen molar-refractivity contribution < 1.29 is 9.90 Å². The number of thioether (sulfide) groups is 1. The Morgan fingerprint density at radius 2 is 2.47 bits per heavy atom. The molecule has 19 heavy (non-hydrogen) atoms. The molecule has 1 aromatic rings. The molecule has 1 heterocycles. The maximum atomic E-state index is 11.6. The van der Waals surface area contributed by atoms with E-state index in [2.05, 4.69) is 14.7 Å². The van der Waals surface area contributed by atoms with Crippen LogP contribution >= 0.6 is 23.3 Å². The molecule has 5 nitrogen and oxygen atoms in total. The molecule has 2 rings (SSSR count). The SMILES string of the molecule is CCNC1(C(=O)O)CCCC(Sc2nc(C)ns2)C1. The average molecular weight is 301 g/mol. The summed E-state index contributed by atoms with van der Waals surface area (Å²) >= 11 is 3.07. The first-order chi connectivity index (χ1) is 9.05. The zero-order valence-corrected chi connectivity index (χ0v) is 12.8. The zero-order chi connectivity index (χ0) is 13.9.